The quantitative estimate of drug-likeness (QED) is 0.889. The molecule has 0 bridgehead atoms. The number of nitrogens with zero attached hydrogens (tertiary/aromatic N) is 2. The summed E-state index contributed by atoms with van der Waals surface area (Å²) in [7, 11) is 0. The van der Waals surface area contributed by atoms with E-state index < -0.39 is 0 Å². The van der Waals surface area contributed by atoms with Crippen molar-refractivity contribution in [2.24, 2.45) is 0 Å². The minimum absolute atomic E-state index is 0.660. The van der Waals surface area contributed by atoms with Crippen LogP contribution in [0.4, 0.5) is 0 Å². The van der Waals surface area contributed by atoms with Gasteiger partial charge in [0, 0.05) is 50.9 Å². The maximum atomic E-state index is 5.72. The maximum Gasteiger partial charge on any atom is 0.213 e. The second-order valence-corrected chi connectivity index (χ2v) is 6.06. The summed E-state index contributed by atoms with van der Waals surface area (Å²) in [5.41, 5.74) is 3.68. The summed E-state index contributed by atoms with van der Waals surface area (Å²) in [6, 6.07) is 14.8. The molecular formula is C19H25N3O. The predicted molar refractivity (Wildman–Crippen MR) is 92.8 cm³/mol. The minimum Gasteiger partial charge on any atom is -0.477 e. The molecule has 2 aromatic rings. The topological polar surface area (TPSA) is 37.4 Å². The Morgan fingerprint density at radius 2 is 1.78 bits per heavy atom. The molecule has 0 atom stereocenters. The highest BCUT2D eigenvalue weighted by atomic mass is 16.5. The van der Waals surface area contributed by atoms with Crippen LogP contribution in [0, 0.1) is 6.92 Å². The van der Waals surface area contributed by atoms with Crippen LogP contribution in [0.15, 0.2) is 42.5 Å². The molecule has 1 aromatic heterocycles. The Morgan fingerprint density at radius 3 is 2.52 bits per heavy atom. The van der Waals surface area contributed by atoms with E-state index in [1.807, 2.05) is 25.1 Å². The first-order chi connectivity index (χ1) is 11.3. The van der Waals surface area contributed by atoms with Crippen molar-refractivity contribution in [3.05, 3.63) is 59.3 Å². The fourth-order valence-corrected chi connectivity index (χ4v) is 2.81. The van der Waals surface area contributed by atoms with E-state index in [0.29, 0.717) is 12.5 Å². The maximum absolute atomic E-state index is 5.72. The molecule has 122 valence electrons. The monoisotopic (exact) mass is 311 g/mol. The van der Waals surface area contributed by atoms with Gasteiger partial charge < -0.3 is 10.1 Å². The average molecular weight is 311 g/mol. The highest BCUT2D eigenvalue weighted by Gasteiger charge is 2.09. The Labute approximate surface area is 138 Å². The van der Waals surface area contributed by atoms with E-state index in [1.165, 1.54) is 11.1 Å². The van der Waals surface area contributed by atoms with Crippen LogP contribution in [0.5, 0.6) is 5.88 Å². The van der Waals surface area contributed by atoms with Gasteiger partial charge in [-0.3, -0.25) is 4.90 Å². The van der Waals surface area contributed by atoms with E-state index >= 15 is 0 Å². The summed E-state index contributed by atoms with van der Waals surface area (Å²) in [5, 5.41) is 3.39. The van der Waals surface area contributed by atoms with E-state index in [-0.39, 0.29) is 0 Å². The average Bonchev–Trinajstić information content (AvgIpc) is 2.58. The van der Waals surface area contributed by atoms with Crippen LogP contribution in [-0.2, 0) is 13.0 Å². The van der Waals surface area contributed by atoms with E-state index in [1.54, 1.807) is 0 Å². The van der Waals surface area contributed by atoms with Crippen LogP contribution in [0.1, 0.15) is 16.8 Å². The fraction of sp³-hybridized carbons (Fsp3) is 0.421. The molecule has 23 heavy (non-hydrogen) atoms. The molecule has 0 unspecified atom stereocenters. The van der Waals surface area contributed by atoms with Crippen molar-refractivity contribution in [2.45, 2.75) is 19.9 Å². The van der Waals surface area contributed by atoms with Crippen molar-refractivity contribution >= 4 is 0 Å². The summed E-state index contributed by atoms with van der Waals surface area (Å²) in [4.78, 5) is 6.85. The van der Waals surface area contributed by atoms with Crippen LogP contribution in [0.2, 0.25) is 0 Å². The molecule has 0 amide bonds. The van der Waals surface area contributed by atoms with Crippen molar-refractivity contribution in [1.82, 2.24) is 15.2 Å². The first kappa shape index (κ1) is 16.0. The molecule has 1 aliphatic rings. The highest BCUT2D eigenvalue weighted by Crippen LogP contribution is 2.11. The molecule has 0 spiro atoms. The number of pyridine rings is 1. The van der Waals surface area contributed by atoms with Gasteiger partial charge in [-0.15, -0.1) is 0 Å². The summed E-state index contributed by atoms with van der Waals surface area (Å²) in [5.74, 6) is 0.709. The minimum atomic E-state index is 0.660. The zero-order valence-corrected chi connectivity index (χ0v) is 13.8. The zero-order chi connectivity index (χ0) is 15.9. The number of aryl methyl sites for hydroxylation is 1. The Bertz CT molecular complexity index is 606. The number of rotatable bonds is 6. The van der Waals surface area contributed by atoms with Crippen LogP contribution in [0.3, 0.4) is 0 Å². The van der Waals surface area contributed by atoms with E-state index in [0.717, 1.165) is 44.8 Å². The molecule has 1 aliphatic heterocycles. The molecule has 3 rings (SSSR count). The summed E-state index contributed by atoms with van der Waals surface area (Å²) in [6.07, 6.45) is 0.906. The van der Waals surface area contributed by atoms with Gasteiger partial charge >= 0.3 is 0 Å². The molecule has 2 heterocycles. The molecule has 4 heteroatoms. The number of benzene rings is 1. The van der Waals surface area contributed by atoms with Crippen LogP contribution < -0.4 is 10.1 Å². The largest absolute Gasteiger partial charge is 0.477 e. The van der Waals surface area contributed by atoms with E-state index in [2.05, 4.69) is 39.5 Å². The predicted octanol–water partition coefficient (Wildman–Crippen LogP) is 2.42. The number of hydrogen-bond acceptors (Lipinski definition) is 4. The molecule has 4 nitrogen and oxygen atoms in total. The Kier molecular flexibility index (Phi) is 5.61. The molecule has 0 aliphatic carbocycles. The lowest BCUT2D eigenvalue weighted by Gasteiger charge is -2.27. The third kappa shape index (κ3) is 5.05. The van der Waals surface area contributed by atoms with Gasteiger partial charge in [0.25, 0.3) is 0 Å². The first-order valence-electron chi connectivity index (χ1n) is 8.37. The van der Waals surface area contributed by atoms with Gasteiger partial charge in [0.15, 0.2) is 0 Å². The smallest absolute Gasteiger partial charge is 0.213 e. The van der Waals surface area contributed by atoms with Crippen molar-refractivity contribution in [3.63, 3.8) is 0 Å². The van der Waals surface area contributed by atoms with Gasteiger partial charge in [-0.25, -0.2) is 4.98 Å². The normalized spacial score (nSPS) is 15.5. The molecule has 0 saturated carbocycles. The number of aromatic nitrogens is 1. The Balaban J connectivity index is 1.45. The summed E-state index contributed by atoms with van der Waals surface area (Å²) < 4.78 is 5.72. The van der Waals surface area contributed by atoms with Crippen LogP contribution in [-0.4, -0.2) is 42.7 Å². The molecule has 1 fully saturated rings. The Morgan fingerprint density at radius 1 is 1.04 bits per heavy atom. The third-order valence-corrected chi connectivity index (χ3v) is 4.14. The lowest BCUT2D eigenvalue weighted by Crippen LogP contribution is -2.42. The second kappa shape index (κ2) is 8.09. The molecule has 0 radical (unpaired) electrons. The van der Waals surface area contributed by atoms with Gasteiger partial charge in [-0.1, -0.05) is 30.3 Å². The SMILES string of the molecule is Cc1cccc(OCCc2ccc(CN3CCNCC3)cc2)n1. The number of hydrogen-bond donors (Lipinski definition) is 1. The van der Waals surface area contributed by atoms with Gasteiger partial charge in [0.05, 0.1) is 6.61 Å². The third-order valence-electron chi connectivity index (χ3n) is 4.14. The standard InChI is InChI=1S/C19H25N3O/c1-16-3-2-4-19(21-16)23-14-9-17-5-7-18(8-6-17)15-22-12-10-20-11-13-22/h2-8,20H,9-15H2,1H3. The van der Waals surface area contributed by atoms with Crippen molar-refractivity contribution < 1.29 is 4.74 Å². The van der Waals surface area contributed by atoms with Crippen LogP contribution in [0.25, 0.3) is 0 Å². The molecule has 1 aromatic carbocycles. The zero-order valence-electron chi connectivity index (χ0n) is 13.8. The molecule has 1 saturated heterocycles. The van der Waals surface area contributed by atoms with Gasteiger partial charge in [0.1, 0.15) is 0 Å². The van der Waals surface area contributed by atoms with Gasteiger partial charge in [0.2, 0.25) is 5.88 Å². The molecule has 1 N–H and O–H groups in total. The number of ether oxygens (including phenoxy) is 1. The van der Waals surface area contributed by atoms with Gasteiger partial charge in [-0.05, 0) is 24.1 Å². The van der Waals surface area contributed by atoms with Crippen molar-refractivity contribution in [1.29, 1.82) is 0 Å². The number of nitrogens with one attached hydrogen (secondary N) is 1. The highest BCUT2D eigenvalue weighted by molar-refractivity contribution is 5.23. The first-order valence-corrected chi connectivity index (χ1v) is 8.37. The van der Waals surface area contributed by atoms with Crippen molar-refractivity contribution in [2.75, 3.05) is 32.8 Å². The summed E-state index contributed by atoms with van der Waals surface area (Å²) >= 11 is 0. The Hall–Kier alpha value is -1.91. The lowest BCUT2D eigenvalue weighted by atomic mass is 10.1. The second-order valence-electron chi connectivity index (χ2n) is 6.06. The summed E-state index contributed by atoms with van der Waals surface area (Å²) in [6.45, 7) is 8.16. The lowest BCUT2D eigenvalue weighted by molar-refractivity contribution is 0.233. The van der Waals surface area contributed by atoms with E-state index in [4.69, 9.17) is 4.74 Å². The van der Waals surface area contributed by atoms with Gasteiger partial charge in [-0.2, -0.15) is 0 Å². The van der Waals surface area contributed by atoms with Crippen molar-refractivity contribution in [3.8, 4) is 5.88 Å². The fourth-order valence-electron chi connectivity index (χ4n) is 2.81. The van der Waals surface area contributed by atoms with Crippen LogP contribution >= 0.6 is 0 Å². The van der Waals surface area contributed by atoms with E-state index in [9.17, 15) is 0 Å². The number of piperazine rings is 1. The molecular weight excluding hydrogens is 286 g/mol.